The van der Waals surface area contributed by atoms with Crippen molar-refractivity contribution in [3.63, 3.8) is 0 Å². The van der Waals surface area contributed by atoms with Crippen molar-refractivity contribution in [1.82, 2.24) is 0 Å². The third-order valence-electron chi connectivity index (χ3n) is 4.60. The highest BCUT2D eigenvalue weighted by Crippen LogP contribution is 2.29. The van der Waals surface area contributed by atoms with Crippen molar-refractivity contribution < 1.29 is 18.3 Å². The fourth-order valence-electron chi connectivity index (χ4n) is 3.05. The molecule has 0 aliphatic heterocycles. The Balaban J connectivity index is 1.67. The SMILES string of the molecule is CCc1cc2c(=O)c(Oc3ccccc3F)coc2cc1OCc1ccccc1. The summed E-state index contributed by atoms with van der Waals surface area (Å²) in [6.07, 6.45) is 1.88. The van der Waals surface area contributed by atoms with Gasteiger partial charge in [0.25, 0.3) is 0 Å². The molecule has 3 aromatic carbocycles. The maximum atomic E-state index is 13.8. The highest BCUT2D eigenvalue weighted by molar-refractivity contribution is 5.80. The van der Waals surface area contributed by atoms with Crippen LogP contribution in [0.15, 0.2) is 82.2 Å². The minimum atomic E-state index is -0.550. The van der Waals surface area contributed by atoms with Crippen LogP contribution in [0.4, 0.5) is 4.39 Å². The zero-order valence-corrected chi connectivity index (χ0v) is 15.9. The Kier molecular flexibility index (Phi) is 5.29. The van der Waals surface area contributed by atoms with E-state index >= 15 is 0 Å². The molecule has 0 amide bonds. The molecule has 0 unspecified atom stereocenters. The van der Waals surface area contributed by atoms with E-state index in [2.05, 4.69) is 0 Å². The number of para-hydroxylation sites is 1. The molecule has 0 aliphatic carbocycles. The van der Waals surface area contributed by atoms with Gasteiger partial charge in [-0.1, -0.05) is 49.4 Å². The van der Waals surface area contributed by atoms with Crippen LogP contribution in [0, 0.1) is 5.82 Å². The van der Waals surface area contributed by atoms with Crippen LogP contribution in [0.5, 0.6) is 17.2 Å². The second-order valence-electron chi connectivity index (χ2n) is 6.55. The lowest BCUT2D eigenvalue weighted by Crippen LogP contribution is -2.07. The molecular formula is C24H19FO4. The summed E-state index contributed by atoms with van der Waals surface area (Å²) in [5.41, 5.74) is 1.95. The number of hydrogen-bond acceptors (Lipinski definition) is 4. The van der Waals surface area contributed by atoms with E-state index in [1.54, 1.807) is 24.3 Å². The summed E-state index contributed by atoms with van der Waals surface area (Å²) < 4.78 is 30.8. The molecule has 4 aromatic rings. The Morgan fingerprint density at radius 2 is 1.69 bits per heavy atom. The Bertz CT molecular complexity index is 1200. The molecule has 146 valence electrons. The van der Waals surface area contributed by atoms with Gasteiger partial charge in [0.15, 0.2) is 11.6 Å². The minimum Gasteiger partial charge on any atom is -0.488 e. The molecule has 29 heavy (non-hydrogen) atoms. The lowest BCUT2D eigenvalue weighted by molar-refractivity contribution is 0.303. The summed E-state index contributed by atoms with van der Waals surface area (Å²) in [6, 6.07) is 19.2. The first-order chi connectivity index (χ1) is 14.2. The zero-order valence-electron chi connectivity index (χ0n) is 15.9. The number of fused-ring (bicyclic) bond motifs is 1. The molecule has 0 atom stereocenters. The topological polar surface area (TPSA) is 48.7 Å². The molecule has 0 aliphatic rings. The first-order valence-corrected chi connectivity index (χ1v) is 9.33. The van der Waals surface area contributed by atoms with Crippen LogP contribution in [-0.2, 0) is 13.0 Å². The van der Waals surface area contributed by atoms with E-state index in [0.717, 1.165) is 11.1 Å². The van der Waals surface area contributed by atoms with E-state index in [-0.39, 0.29) is 16.9 Å². The number of rotatable bonds is 6. The van der Waals surface area contributed by atoms with Crippen LogP contribution >= 0.6 is 0 Å². The van der Waals surface area contributed by atoms with Crippen molar-refractivity contribution in [2.75, 3.05) is 0 Å². The van der Waals surface area contributed by atoms with E-state index in [0.29, 0.717) is 29.7 Å². The quantitative estimate of drug-likeness (QED) is 0.413. The number of hydrogen-bond donors (Lipinski definition) is 0. The van der Waals surface area contributed by atoms with Crippen molar-refractivity contribution >= 4 is 11.0 Å². The largest absolute Gasteiger partial charge is 0.488 e. The molecule has 0 spiro atoms. The van der Waals surface area contributed by atoms with Crippen LogP contribution in [0.25, 0.3) is 11.0 Å². The summed E-state index contributed by atoms with van der Waals surface area (Å²) in [5, 5.41) is 0.364. The van der Waals surface area contributed by atoms with Crippen LogP contribution in [0.3, 0.4) is 0 Å². The minimum absolute atomic E-state index is 0.0299. The first kappa shape index (κ1) is 18.7. The van der Waals surface area contributed by atoms with Crippen LogP contribution in [-0.4, -0.2) is 0 Å². The molecule has 0 saturated heterocycles. The van der Waals surface area contributed by atoms with Gasteiger partial charge in [0.1, 0.15) is 24.2 Å². The summed E-state index contributed by atoms with van der Waals surface area (Å²) in [5.74, 6) is 0.0148. The van der Waals surface area contributed by atoms with E-state index in [1.165, 1.54) is 18.4 Å². The maximum Gasteiger partial charge on any atom is 0.235 e. The van der Waals surface area contributed by atoms with Gasteiger partial charge in [0.05, 0.1) is 5.39 Å². The van der Waals surface area contributed by atoms with Gasteiger partial charge in [-0.25, -0.2) is 4.39 Å². The molecule has 0 N–H and O–H groups in total. The number of ether oxygens (including phenoxy) is 2. The summed E-state index contributed by atoms with van der Waals surface area (Å²) in [6.45, 7) is 2.40. The highest BCUT2D eigenvalue weighted by atomic mass is 19.1. The van der Waals surface area contributed by atoms with Crippen molar-refractivity contribution in [3.05, 3.63) is 100 Å². The van der Waals surface area contributed by atoms with Crippen LogP contribution in [0.2, 0.25) is 0 Å². The monoisotopic (exact) mass is 390 g/mol. The Labute approximate surface area is 167 Å². The van der Waals surface area contributed by atoms with Gasteiger partial charge >= 0.3 is 0 Å². The first-order valence-electron chi connectivity index (χ1n) is 9.33. The van der Waals surface area contributed by atoms with Crippen LogP contribution in [0.1, 0.15) is 18.1 Å². The molecule has 0 radical (unpaired) electrons. The normalized spacial score (nSPS) is 10.8. The second-order valence-corrected chi connectivity index (χ2v) is 6.55. The standard InChI is InChI=1S/C24H19FO4/c1-2-17-12-18-22(13-21(17)27-14-16-8-4-3-5-9-16)28-15-23(24(18)26)29-20-11-7-6-10-19(20)25/h3-13,15H,2,14H2,1H3. The predicted octanol–water partition coefficient (Wildman–Crippen LogP) is 5.87. The molecule has 0 bridgehead atoms. The molecule has 1 aromatic heterocycles. The lowest BCUT2D eigenvalue weighted by atomic mass is 10.1. The predicted molar refractivity (Wildman–Crippen MR) is 109 cm³/mol. The van der Waals surface area contributed by atoms with E-state index in [1.807, 2.05) is 37.3 Å². The highest BCUT2D eigenvalue weighted by Gasteiger charge is 2.14. The third-order valence-corrected chi connectivity index (χ3v) is 4.60. The lowest BCUT2D eigenvalue weighted by Gasteiger charge is -2.12. The Morgan fingerprint density at radius 3 is 2.45 bits per heavy atom. The van der Waals surface area contributed by atoms with Gasteiger partial charge in [-0.05, 0) is 35.7 Å². The van der Waals surface area contributed by atoms with Crippen molar-refractivity contribution in [2.45, 2.75) is 20.0 Å². The van der Waals surface area contributed by atoms with Gasteiger partial charge in [-0.3, -0.25) is 4.79 Å². The van der Waals surface area contributed by atoms with Gasteiger partial charge in [0.2, 0.25) is 11.2 Å². The molecule has 4 nitrogen and oxygen atoms in total. The van der Waals surface area contributed by atoms with Crippen molar-refractivity contribution in [3.8, 4) is 17.2 Å². The summed E-state index contributed by atoms with van der Waals surface area (Å²) in [4.78, 5) is 12.9. The molecular weight excluding hydrogens is 371 g/mol. The number of aryl methyl sites for hydroxylation is 1. The third kappa shape index (κ3) is 3.99. The smallest absolute Gasteiger partial charge is 0.235 e. The number of halogens is 1. The maximum absolute atomic E-state index is 13.8. The molecule has 4 rings (SSSR count). The molecule has 0 fully saturated rings. The number of benzene rings is 3. The molecule has 1 heterocycles. The average molecular weight is 390 g/mol. The van der Waals surface area contributed by atoms with Gasteiger partial charge in [0, 0.05) is 6.07 Å². The summed E-state index contributed by atoms with van der Waals surface area (Å²) >= 11 is 0. The van der Waals surface area contributed by atoms with Crippen molar-refractivity contribution in [2.24, 2.45) is 0 Å². The van der Waals surface area contributed by atoms with Crippen LogP contribution < -0.4 is 14.9 Å². The van der Waals surface area contributed by atoms with Crippen molar-refractivity contribution in [1.29, 1.82) is 0 Å². The van der Waals surface area contributed by atoms with E-state index in [4.69, 9.17) is 13.9 Å². The fraction of sp³-hybridized carbons (Fsp3) is 0.125. The second kappa shape index (κ2) is 8.19. The van der Waals surface area contributed by atoms with Gasteiger partial charge < -0.3 is 13.9 Å². The molecule has 0 saturated carbocycles. The average Bonchev–Trinajstić information content (AvgIpc) is 2.76. The zero-order chi connectivity index (χ0) is 20.2. The summed E-state index contributed by atoms with van der Waals surface area (Å²) in [7, 11) is 0. The fourth-order valence-corrected chi connectivity index (χ4v) is 3.05. The van der Waals surface area contributed by atoms with E-state index < -0.39 is 5.82 Å². The van der Waals surface area contributed by atoms with E-state index in [9.17, 15) is 9.18 Å². The van der Waals surface area contributed by atoms with Gasteiger partial charge in [-0.2, -0.15) is 0 Å². The van der Waals surface area contributed by atoms with Gasteiger partial charge in [-0.15, -0.1) is 0 Å². The Morgan fingerprint density at radius 1 is 0.931 bits per heavy atom. The molecule has 5 heteroatoms. The Hall–Kier alpha value is -3.60.